The van der Waals surface area contributed by atoms with Gasteiger partial charge in [-0.25, -0.2) is 13.4 Å². The van der Waals surface area contributed by atoms with Crippen LogP contribution in [0.15, 0.2) is 23.2 Å². The normalized spacial score (nSPS) is 12.6. The smallest absolute Gasteiger partial charge is 0.245 e. The van der Waals surface area contributed by atoms with Crippen LogP contribution in [-0.2, 0) is 10.0 Å². The molecule has 0 aliphatic heterocycles. The second kappa shape index (κ2) is 5.01. The number of rotatable bonds is 4. The summed E-state index contributed by atoms with van der Waals surface area (Å²) in [4.78, 5) is 3.99. The number of hydrogen-bond acceptors (Lipinski definition) is 4. The van der Waals surface area contributed by atoms with E-state index in [2.05, 4.69) is 4.98 Å². The van der Waals surface area contributed by atoms with Gasteiger partial charge in [0.15, 0.2) is 0 Å². The fraction of sp³-hybridized carbons (Fsp3) is 0.545. The zero-order valence-electron chi connectivity index (χ0n) is 10.6. The summed E-state index contributed by atoms with van der Waals surface area (Å²) in [6, 6.07) is 2.77. The molecule has 0 atom stereocenters. The van der Waals surface area contributed by atoms with E-state index < -0.39 is 10.0 Å². The first-order chi connectivity index (χ1) is 7.76. The third kappa shape index (κ3) is 2.95. The minimum absolute atomic E-state index is 0.0995. The molecule has 1 rings (SSSR count). The van der Waals surface area contributed by atoms with Gasteiger partial charge in [0.2, 0.25) is 10.0 Å². The molecule has 0 unspecified atom stereocenters. The van der Waals surface area contributed by atoms with Gasteiger partial charge in [0.25, 0.3) is 0 Å². The molecule has 1 heterocycles. The predicted octanol–water partition coefficient (Wildman–Crippen LogP) is 1.47. The molecule has 0 spiro atoms. The second-order valence-electron chi connectivity index (χ2n) is 4.44. The number of nitrogen functional groups attached to an aromatic ring is 1. The molecule has 17 heavy (non-hydrogen) atoms. The molecule has 0 amide bonds. The van der Waals surface area contributed by atoms with Crippen molar-refractivity contribution >= 4 is 15.8 Å². The summed E-state index contributed by atoms with van der Waals surface area (Å²) in [7, 11) is -3.50. The van der Waals surface area contributed by atoms with E-state index in [1.165, 1.54) is 22.6 Å². The minimum Gasteiger partial charge on any atom is -0.384 e. The zero-order chi connectivity index (χ0) is 13.2. The van der Waals surface area contributed by atoms with Crippen molar-refractivity contribution in [1.82, 2.24) is 9.29 Å². The molecule has 2 N–H and O–H groups in total. The number of hydrogen-bond donors (Lipinski definition) is 1. The molecular formula is C11H19N3O2S. The van der Waals surface area contributed by atoms with E-state index in [1.807, 2.05) is 27.7 Å². The van der Waals surface area contributed by atoms with Crippen molar-refractivity contribution < 1.29 is 8.42 Å². The molecule has 1 aromatic heterocycles. The van der Waals surface area contributed by atoms with Crippen LogP contribution in [-0.4, -0.2) is 29.8 Å². The Hall–Kier alpha value is -1.14. The Morgan fingerprint density at radius 3 is 2.06 bits per heavy atom. The molecule has 0 aromatic carbocycles. The van der Waals surface area contributed by atoms with Crippen LogP contribution in [0.1, 0.15) is 27.7 Å². The number of pyridine rings is 1. The lowest BCUT2D eigenvalue weighted by Crippen LogP contribution is -2.41. The van der Waals surface area contributed by atoms with Gasteiger partial charge >= 0.3 is 0 Å². The van der Waals surface area contributed by atoms with Crippen molar-refractivity contribution in [2.45, 2.75) is 44.7 Å². The van der Waals surface area contributed by atoms with Crippen LogP contribution < -0.4 is 5.73 Å². The average molecular weight is 257 g/mol. The zero-order valence-corrected chi connectivity index (χ0v) is 11.4. The van der Waals surface area contributed by atoms with Crippen LogP contribution in [0.25, 0.3) is 0 Å². The third-order valence-corrected chi connectivity index (χ3v) is 4.59. The summed E-state index contributed by atoms with van der Waals surface area (Å²) < 4.78 is 26.2. The number of nitrogens with zero attached hydrogens (tertiary/aromatic N) is 2. The van der Waals surface area contributed by atoms with Gasteiger partial charge in [-0.1, -0.05) is 0 Å². The number of aromatic nitrogens is 1. The van der Waals surface area contributed by atoms with E-state index in [-0.39, 0.29) is 17.0 Å². The van der Waals surface area contributed by atoms with Crippen LogP contribution in [0, 0.1) is 0 Å². The Morgan fingerprint density at radius 2 is 1.71 bits per heavy atom. The van der Waals surface area contributed by atoms with Gasteiger partial charge in [-0.3, -0.25) is 0 Å². The maximum atomic E-state index is 12.4. The van der Waals surface area contributed by atoms with Crippen LogP contribution in [0.2, 0.25) is 0 Å². The molecular weight excluding hydrogens is 238 g/mol. The van der Waals surface area contributed by atoms with Gasteiger partial charge < -0.3 is 5.73 Å². The van der Waals surface area contributed by atoms with Gasteiger partial charge in [-0.15, -0.1) is 0 Å². The van der Waals surface area contributed by atoms with Gasteiger partial charge in [-0.2, -0.15) is 4.31 Å². The highest BCUT2D eigenvalue weighted by Gasteiger charge is 2.29. The predicted molar refractivity (Wildman–Crippen MR) is 67.9 cm³/mol. The molecule has 0 bridgehead atoms. The third-order valence-electron chi connectivity index (χ3n) is 2.35. The number of nitrogens with two attached hydrogens (primary N) is 1. The minimum atomic E-state index is -3.50. The lowest BCUT2D eigenvalue weighted by molar-refractivity contribution is 0.302. The Morgan fingerprint density at radius 1 is 1.18 bits per heavy atom. The Balaban J connectivity index is 3.21. The average Bonchev–Trinajstić information content (AvgIpc) is 2.16. The molecule has 5 nitrogen and oxygen atoms in total. The Kier molecular flexibility index (Phi) is 4.11. The molecule has 0 fully saturated rings. The summed E-state index contributed by atoms with van der Waals surface area (Å²) in [6.45, 7) is 7.40. The first kappa shape index (κ1) is 13.9. The van der Waals surface area contributed by atoms with Crippen molar-refractivity contribution in [3.63, 3.8) is 0 Å². The molecule has 1 aromatic rings. The van der Waals surface area contributed by atoms with Crippen molar-refractivity contribution in [1.29, 1.82) is 0 Å². The van der Waals surface area contributed by atoms with E-state index in [0.29, 0.717) is 5.82 Å². The summed E-state index contributed by atoms with van der Waals surface area (Å²) in [6.07, 6.45) is 1.29. The largest absolute Gasteiger partial charge is 0.384 e. The molecule has 96 valence electrons. The SMILES string of the molecule is CC(C)N(C(C)C)S(=O)(=O)c1ccc(N)nc1. The maximum Gasteiger partial charge on any atom is 0.245 e. The van der Waals surface area contributed by atoms with E-state index in [4.69, 9.17) is 5.73 Å². The molecule has 0 aliphatic carbocycles. The molecule has 0 saturated carbocycles. The van der Waals surface area contributed by atoms with Crippen LogP contribution in [0.3, 0.4) is 0 Å². The van der Waals surface area contributed by atoms with Crippen LogP contribution >= 0.6 is 0 Å². The highest BCUT2D eigenvalue weighted by atomic mass is 32.2. The summed E-state index contributed by atoms with van der Waals surface area (Å²) in [5.41, 5.74) is 5.45. The molecule has 0 aliphatic rings. The first-order valence-electron chi connectivity index (χ1n) is 5.52. The molecule has 0 saturated heterocycles. The second-order valence-corrected chi connectivity index (χ2v) is 6.28. The quantitative estimate of drug-likeness (QED) is 0.886. The topological polar surface area (TPSA) is 76.3 Å². The standard InChI is InChI=1S/C11H19N3O2S/c1-8(2)14(9(3)4)17(15,16)10-5-6-11(12)13-7-10/h5-9H,1-4H3,(H2,12,13). The van der Waals surface area contributed by atoms with E-state index in [9.17, 15) is 8.42 Å². The highest BCUT2D eigenvalue weighted by molar-refractivity contribution is 7.89. The van der Waals surface area contributed by atoms with Crippen LogP contribution in [0.4, 0.5) is 5.82 Å². The Labute approximate surface area is 103 Å². The monoisotopic (exact) mass is 257 g/mol. The highest BCUT2D eigenvalue weighted by Crippen LogP contribution is 2.20. The summed E-state index contributed by atoms with van der Waals surface area (Å²) >= 11 is 0. The lowest BCUT2D eigenvalue weighted by Gasteiger charge is -2.29. The fourth-order valence-electron chi connectivity index (χ4n) is 1.82. The van der Waals surface area contributed by atoms with Crippen LogP contribution in [0.5, 0.6) is 0 Å². The fourth-order valence-corrected chi connectivity index (χ4v) is 3.60. The van der Waals surface area contributed by atoms with E-state index in [1.54, 1.807) is 0 Å². The van der Waals surface area contributed by atoms with Crippen molar-refractivity contribution in [3.8, 4) is 0 Å². The summed E-state index contributed by atoms with van der Waals surface area (Å²) in [5, 5.41) is 0. The number of anilines is 1. The molecule has 0 radical (unpaired) electrons. The van der Waals surface area contributed by atoms with Gasteiger partial charge in [0.1, 0.15) is 10.7 Å². The van der Waals surface area contributed by atoms with Gasteiger partial charge in [0, 0.05) is 18.3 Å². The maximum absolute atomic E-state index is 12.4. The first-order valence-corrected chi connectivity index (χ1v) is 6.96. The van der Waals surface area contributed by atoms with Gasteiger partial charge in [-0.05, 0) is 39.8 Å². The van der Waals surface area contributed by atoms with Crippen molar-refractivity contribution in [2.75, 3.05) is 5.73 Å². The summed E-state index contributed by atoms with van der Waals surface area (Å²) in [5.74, 6) is 0.310. The molecule has 6 heteroatoms. The lowest BCUT2D eigenvalue weighted by atomic mass is 10.3. The van der Waals surface area contributed by atoms with E-state index in [0.717, 1.165) is 0 Å². The van der Waals surface area contributed by atoms with Crippen molar-refractivity contribution in [3.05, 3.63) is 18.3 Å². The van der Waals surface area contributed by atoms with E-state index >= 15 is 0 Å². The van der Waals surface area contributed by atoms with Gasteiger partial charge in [0.05, 0.1) is 0 Å². The van der Waals surface area contributed by atoms with Crippen molar-refractivity contribution in [2.24, 2.45) is 0 Å². The Bertz CT molecular complexity index is 458. The number of sulfonamides is 1.